The molecule has 5 heteroatoms. The molecule has 0 radical (unpaired) electrons. The summed E-state index contributed by atoms with van der Waals surface area (Å²) < 4.78 is 6.35. The zero-order valence-electron chi connectivity index (χ0n) is 18.5. The second kappa shape index (κ2) is 10.5. The van der Waals surface area contributed by atoms with Crippen molar-refractivity contribution in [1.29, 1.82) is 0 Å². The van der Waals surface area contributed by atoms with Crippen molar-refractivity contribution in [1.82, 2.24) is 0 Å². The van der Waals surface area contributed by atoms with Gasteiger partial charge in [-0.05, 0) is 66.3 Å². The van der Waals surface area contributed by atoms with Crippen molar-refractivity contribution in [2.24, 2.45) is 16.7 Å². The van der Waals surface area contributed by atoms with Gasteiger partial charge < -0.3 is 34.1 Å². The van der Waals surface area contributed by atoms with E-state index in [-0.39, 0.29) is 71.3 Å². The summed E-state index contributed by atoms with van der Waals surface area (Å²) in [5.41, 5.74) is 4.03. The first-order valence-electron chi connectivity index (χ1n) is 10.2. The van der Waals surface area contributed by atoms with Crippen LogP contribution in [0.5, 0.6) is 5.75 Å². The second-order valence-corrected chi connectivity index (χ2v) is 10.1. The van der Waals surface area contributed by atoms with E-state index in [2.05, 4.69) is 68.4 Å². The topological polar surface area (TPSA) is 9.23 Å². The van der Waals surface area contributed by atoms with Crippen LogP contribution in [0, 0.1) is 22.8 Å². The van der Waals surface area contributed by atoms with E-state index in [0.29, 0.717) is 22.9 Å². The molecule has 0 aromatic heterocycles. The minimum Gasteiger partial charge on any atom is -1.00 e. The largest absolute Gasteiger partial charge is 2.00 e. The molecule has 0 aliphatic heterocycles. The molecule has 6 rings (SSSR count). The summed E-state index contributed by atoms with van der Waals surface area (Å²) in [4.78, 5) is 0. The SMILES string of the molecule is CC12CC3CC(C)(C1)CC(c1cc[c-]cc1OCc1ccccc1)(C3)C2.[Br-].[Cl-].[Li+].[Mg+2]. The quantitative estimate of drug-likeness (QED) is 0.326. The fourth-order valence-corrected chi connectivity index (χ4v) is 7.46. The van der Waals surface area contributed by atoms with Gasteiger partial charge in [0.1, 0.15) is 0 Å². The summed E-state index contributed by atoms with van der Waals surface area (Å²) in [6, 6.07) is 20.2. The minimum absolute atomic E-state index is 0. The van der Waals surface area contributed by atoms with Gasteiger partial charge >= 0.3 is 41.9 Å². The first kappa shape index (κ1) is 28.4. The van der Waals surface area contributed by atoms with Gasteiger partial charge in [0.05, 0.1) is 6.61 Å². The molecule has 2 aromatic carbocycles. The predicted octanol–water partition coefficient (Wildman–Crippen LogP) is -3.06. The van der Waals surface area contributed by atoms with Crippen LogP contribution in [-0.2, 0) is 12.0 Å². The van der Waals surface area contributed by atoms with Crippen molar-refractivity contribution in [2.45, 2.75) is 64.4 Å². The van der Waals surface area contributed by atoms with E-state index in [4.69, 9.17) is 4.74 Å². The van der Waals surface area contributed by atoms with Crippen LogP contribution in [0.25, 0.3) is 0 Å². The molecule has 4 saturated carbocycles. The molecule has 4 bridgehead atoms. The smallest absolute Gasteiger partial charge is 1.00 e. The van der Waals surface area contributed by atoms with Gasteiger partial charge in [0, 0.05) is 5.75 Å². The second-order valence-electron chi connectivity index (χ2n) is 10.1. The summed E-state index contributed by atoms with van der Waals surface area (Å²) in [6.45, 7) is 5.73. The molecular weight excluding hydrogens is 463 g/mol. The van der Waals surface area contributed by atoms with E-state index in [1.54, 1.807) is 0 Å². The zero-order chi connectivity index (χ0) is 17.8. The minimum atomic E-state index is 0. The maximum absolute atomic E-state index is 6.35. The maximum atomic E-state index is 6.35. The van der Waals surface area contributed by atoms with Crippen LogP contribution in [0.1, 0.15) is 63.5 Å². The fraction of sp³-hybridized carbons (Fsp3) is 0.520. The van der Waals surface area contributed by atoms with Gasteiger partial charge in [0.15, 0.2) is 0 Å². The molecule has 0 N–H and O–H groups in total. The molecule has 4 aliphatic rings. The first-order valence-corrected chi connectivity index (χ1v) is 10.2. The summed E-state index contributed by atoms with van der Waals surface area (Å²) in [5.74, 6) is 1.96. The van der Waals surface area contributed by atoms with E-state index in [0.717, 1.165) is 11.7 Å². The van der Waals surface area contributed by atoms with Crippen molar-refractivity contribution in [3.8, 4) is 5.75 Å². The number of hydrogen-bond acceptors (Lipinski definition) is 1. The molecule has 0 spiro atoms. The summed E-state index contributed by atoms with van der Waals surface area (Å²) in [5, 5.41) is 0. The number of hydrogen-bond donors (Lipinski definition) is 0. The van der Waals surface area contributed by atoms with E-state index in [9.17, 15) is 0 Å². The Labute approximate surface area is 227 Å². The van der Waals surface area contributed by atoms with Crippen molar-refractivity contribution in [3.05, 3.63) is 65.7 Å². The Bertz CT molecular complexity index is 815. The molecular formula is C25H29BrClLiMgO. The molecule has 0 amide bonds. The summed E-state index contributed by atoms with van der Waals surface area (Å²) >= 11 is 0. The Morgan fingerprint density at radius 2 is 1.60 bits per heavy atom. The maximum Gasteiger partial charge on any atom is 2.00 e. The molecule has 4 aliphatic carbocycles. The van der Waals surface area contributed by atoms with E-state index < -0.39 is 0 Å². The van der Waals surface area contributed by atoms with Crippen LogP contribution in [0.2, 0.25) is 0 Å². The monoisotopic (exact) mass is 490 g/mol. The Hall–Kier alpha value is 0.374. The Balaban J connectivity index is 0.00000112. The van der Waals surface area contributed by atoms with Crippen LogP contribution in [0.4, 0.5) is 0 Å². The fourth-order valence-electron chi connectivity index (χ4n) is 7.46. The van der Waals surface area contributed by atoms with Crippen LogP contribution < -0.4 is 53.0 Å². The van der Waals surface area contributed by atoms with Gasteiger partial charge in [0.2, 0.25) is 0 Å². The number of ether oxygens (including phenoxy) is 1. The molecule has 4 fully saturated rings. The van der Waals surface area contributed by atoms with Gasteiger partial charge in [-0.3, -0.25) is 0 Å². The molecule has 2 aromatic rings. The van der Waals surface area contributed by atoms with Crippen LogP contribution in [-0.4, -0.2) is 23.1 Å². The molecule has 0 saturated heterocycles. The Morgan fingerprint density at radius 1 is 0.967 bits per heavy atom. The van der Waals surface area contributed by atoms with Crippen LogP contribution in [0.15, 0.2) is 48.5 Å². The number of rotatable bonds is 4. The van der Waals surface area contributed by atoms with Gasteiger partial charge in [-0.2, -0.15) is 18.2 Å². The van der Waals surface area contributed by atoms with Crippen molar-refractivity contribution >= 4 is 23.1 Å². The van der Waals surface area contributed by atoms with Gasteiger partial charge in [-0.1, -0.05) is 44.2 Å². The van der Waals surface area contributed by atoms with Crippen molar-refractivity contribution in [3.63, 3.8) is 0 Å². The third kappa shape index (κ3) is 5.29. The summed E-state index contributed by atoms with van der Waals surface area (Å²) in [6.07, 6.45) is 8.30. The molecule has 152 valence electrons. The van der Waals surface area contributed by atoms with Gasteiger partial charge in [-0.15, -0.1) is 11.6 Å². The normalized spacial score (nSPS) is 32.7. The van der Waals surface area contributed by atoms with Gasteiger partial charge in [0.25, 0.3) is 0 Å². The Morgan fingerprint density at radius 3 is 2.20 bits per heavy atom. The van der Waals surface area contributed by atoms with Crippen LogP contribution >= 0.6 is 0 Å². The average molecular weight is 492 g/mol. The summed E-state index contributed by atoms with van der Waals surface area (Å²) in [7, 11) is 0. The van der Waals surface area contributed by atoms with E-state index >= 15 is 0 Å². The van der Waals surface area contributed by atoms with E-state index in [1.807, 2.05) is 0 Å². The molecule has 2 unspecified atom stereocenters. The molecule has 30 heavy (non-hydrogen) atoms. The molecule has 2 atom stereocenters. The van der Waals surface area contributed by atoms with Crippen molar-refractivity contribution < 1.29 is 53.0 Å². The Kier molecular flexibility index (Phi) is 9.98. The number of benzene rings is 2. The number of halogens is 2. The predicted molar refractivity (Wildman–Crippen MR) is 111 cm³/mol. The average Bonchev–Trinajstić information content (AvgIpc) is 2.58. The standard InChI is InChI=1S/C25H29O.BrH.ClH.Li.Mg/c1-23-12-20-13-24(2,16-23)18-25(14-20,17-23)21-10-6-7-11-22(21)26-15-19-8-4-3-5-9-19;;;;/h3-6,8-11,20H,12-18H2,1-2H3;2*1H;;/q-1;;;+1;+2/p-2. The zero-order valence-corrected chi connectivity index (χ0v) is 22.3. The molecule has 1 nitrogen and oxygen atoms in total. The van der Waals surface area contributed by atoms with Gasteiger partial charge in [-0.25, -0.2) is 0 Å². The van der Waals surface area contributed by atoms with Crippen LogP contribution in [0.3, 0.4) is 0 Å². The third-order valence-electron chi connectivity index (χ3n) is 7.26. The first-order chi connectivity index (χ1) is 12.5. The molecule has 0 heterocycles. The third-order valence-corrected chi connectivity index (χ3v) is 7.26. The van der Waals surface area contributed by atoms with E-state index in [1.165, 1.54) is 49.7 Å². The van der Waals surface area contributed by atoms with Crippen molar-refractivity contribution in [2.75, 3.05) is 0 Å².